The Kier molecular flexibility index (Phi) is 5.35. The minimum atomic E-state index is -3.44. The van der Waals surface area contributed by atoms with Crippen molar-refractivity contribution < 1.29 is 13.2 Å². The van der Waals surface area contributed by atoms with E-state index in [0.717, 1.165) is 17.5 Å². The first-order valence-electron chi connectivity index (χ1n) is 8.18. The predicted molar refractivity (Wildman–Crippen MR) is 98.0 cm³/mol. The maximum Gasteiger partial charge on any atom is 0.215 e. The van der Waals surface area contributed by atoms with Gasteiger partial charge in [-0.15, -0.1) is 0 Å². The van der Waals surface area contributed by atoms with Crippen molar-refractivity contribution in [1.29, 1.82) is 0 Å². The van der Waals surface area contributed by atoms with Crippen molar-refractivity contribution in [2.24, 2.45) is 0 Å². The average Bonchev–Trinajstić information content (AvgIpc) is 3.04. The molecule has 0 bridgehead atoms. The third-order valence-electron chi connectivity index (χ3n) is 3.85. The van der Waals surface area contributed by atoms with Crippen molar-refractivity contribution in [3.05, 3.63) is 59.9 Å². The van der Waals surface area contributed by atoms with Gasteiger partial charge in [0.1, 0.15) is 18.2 Å². The Bertz CT molecular complexity index is 901. The lowest BCUT2D eigenvalue weighted by atomic mass is 10.2. The van der Waals surface area contributed by atoms with E-state index in [1.807, 2.05) is 48.5 Å². The topological polar surface area (TPSA) is 84.1 Å². The summed E-state index contributed by atoms with van der Waals surface area (Å²) in [5.41, 5.74) is 2.92. The number of aryl methyl sites for hydroxylation is 1. The van der Waals surface area contributed by atoms with Crippen molar-refractivity contribution >= 4 is 21.1 Å². The van der Waals surface area contributed by atoms with Crippen LogP contribution in [0.25, 0.3) is 11.0 Å². The summed E-state index contributed by atoms with van der Waals surface area (Å²) >= 11 is 0. The van der Waals surface area contributed by atoms with E-state index in [9.17, 15) is 8.42 Å². The summed E-state index contributed by atoms with van der Waals surface area (Å²) in [5, 5.41) is 0. The molecule has 3 aromatic rings. The number of fused-ring (bicyclic) bond motifs is 1. The molecule has 0 aliphatic carbocycles. The van der Waals surface area contributed by atoms with E-state index >= 15 is 0 Å². The summed E-state index contributed by atoms with van der Waals surface area (Å²) in [6.07, 6.45) is 0.959. The van der Waals surface area contributed by atoms with Gasteiger partial charge in [0.15, 0.2) is 0 Å². The van der Waals surface area contributed by atoms with Gasteiger partial charge in [0.25, 0.3) is 0 Å². The number of benzene rings is 2. The van der Waals surface area contributed by atoms with E-state index in [2.05, 4.69) is 21.6 Å². The van der Waals surface area contributed by atoms with Gasteiger partial charge in [-0.2, -0.15) is 0 Å². The molecule has 7 heteroatoms. The van der Waals surface area contributed by atoms with Gasteiger partial charge < -0.3 is 9.72 Å². The van der Waals surface area contributed by atoms with Gasteiger partial charge in [0, 0.05) is 0 Å². The molecule has 0 saturated heterocycles. The lowest BCUT2D eigenvalue weighted by molar-refractivity contribution is 0.340. The zero-order chi connectivity index (χ0) is 17.7. The van der Waals surface area contributed by atoms with Gasteiger partial charge >= 0.3 is 0 Å². The smallest absolute Gasteiger partial charge is 0.215 e. The van der Waals surface area contributed by atoms with Gasteiger partial charge in [-0.05, 0) is 36.2 Å². The molecule has 0 spiro atoms. The maximum atomic E-state index is 12.1. The van der Waals surface area contributed by atoms with Crippen LogP contribution in [0.3, 0.4) is 0 Å². The van der Waals surface area contributed by atoms with Crippen LogP contribution in [0.2, 0.25) is 0 Å². The summed E-state index contributed by atoms with van der Waals surface area (Å²) in [4.78, 5) is 7.44. The number of hydrogen-bond acceptors (Lipinski definition) is 4. The highest BCUT2D eigenvalue weighted by molar-refractivity contribution is 7.89. The highest BCUT2D eigenvalue weighted by atomic mass is 32.2. The minimum Gasteiger partial charge on any atom is -0.492 e. The predicted octanol–water partition coefficient (Wildman–Crippen LogP) is 2.62. The van der Waals surface area contributed by atoms with Crippen LogP contribution < -0.4 is 9.46 Å². The van der Waals surface area contributed by atoms with Crippen LogP contribution in [0.5, 0.6) is 5.75 Å². The minimum absolute atomic E-state index is 0.0982. The van der Waals surface area contributed by atoms with E-state index in [0.29, 0.717) is 11.6 Å². The van der Waals surface area contributed by atoms with Crippen LogP contribution in [-0.4, -0.2) is 30.7 Å². The van der Waals surface area contributed by atoms with Gasteiger partial charge in [-0.25, -0.2) is 18.1 Å². The molecular weight excluding hydrogens is 338 g/mol. The molecule has 0 aliphatic rings. The molecule has 0 amide bonds. The third-order valence-corrected chi connectivity index (χ3v) is 5.14. The number of H-pyrrole nitrogens is 1. The number of para-hydroxylation sites is 2. The van der Waals surface area contributed by atoms with Gasteiger partial charge in [0.2, 0.25) is 10.0 Å². The van der Waals surface area contributed by atoms with E-state index in [-0.39, 0.29) is 18.9 Å². The zero-order valence-corrected chi connectivity index (χ0v) is 14.8. The number of aromatic nitrogens is 2. The number of aromatic amines is 1. The molecule has 6 nitrogen and oxygen atoms in total. The van der Waals surface area contributed by atoms with Crippen molar-refractivity contribution in [2.75, 3.05) is 12.4 Å². The highest BCUT2D eigenvalue weighted by Gasteiger charge is 2.12. The molecule has 0 radical (unpaired) electrons. The molecule has 0 atom stereocenters. The second-order valence-corrected chi connectivity index (χ2v) is 7.61. The quantitative estimate of drug-likeness (QED) is 0.647. The van der Waals surface area contributed by atoms with E-state index in [1.54, 1.807) is 0 Å². The Morgan fingerprint density at radius 3 is 2.60 bits per heavy atom. The van der Waals surface area contributed by atoms with Crippen LogP contribution in [-0.2, 0) is 23.0 Å². The molecule has 2 aromatic carbocycles. The summed E-state index contributed by atoms with van der Waals surface area (Å²) in [7, 11) is -3.44. The standard InChI is InChI=1S/C18H21N3O3S/c1-2-14-7-9-15(10-8-14)24-11-12-25(22,23)19-13-18-20-16-5-3-4-6-17(16)21-18/h3-10,19H,2,11-13H2,1H3,(H,20,21). The Morgan fingerprint density at radius 1 is 1.12 bits per heavy atom. The van der Waals surface area contributed by atoms with Crippen LogP contribution in [0.15, 0.2) is 48.5 Å². The van der Waals surface area contributed by atoms with Crippen molar-refractivity contribution in [2.45, 2.75) is 19.9 Å². The van der Waals surface area contributed by atoms with Crippen molar-refractivity contribution in [3.63, 3.8) is 0 Å². The lowest BCUT2D eigenvalue weighted by Gasteiger charge is -2.08. The molecule has 25 heavy (non-hydrogen) atoms. The molecule has 0 saturated carbocycles. The van der Waals surface area contributed by atoms with E-state index in [1.165, 1.54) is 5.56 Å². The molecule has 0 fully saturated rings. The van der Waals surface area contributed by atoms with Crippen LogP contribution >= 0.6 is 0 Å². The first kappa shape index (κ1) is 17.4. The SMILES string of the molecule is CCc1ccc(OCCS(=O)(=O)NCc2nc3ccccc3[nH]2)cc1. The first-order chi connectivity index (χ1) is 12.1. The fraction of sp³-hybridized carbons (Fsp3) is 0.278. The molecule has 3 rings (SSSR count). The maximum absolute atomic E-state index is 12.1. The fourth-order valence-electron chi connectivity index (χ4n) is 2.43. The number of rotatable bonds is 8. The van der Waals surface area contributed by atoms with Crippen LogP contribution in [0.4, 0.5) is 0 Å². The lowest BCUT2D eigenvalue weighted by Crippen LogP contribution is -2.29. The number of imidazole rings is 1. The Hall–Kier alpha value is -2.38. The largest absolute Gasteiger partial charge is 0.492 e. The normalized spacial score (nSPS) is 11.7. The molecule has 132 valence electrons. The van der Waals surface area contributed by atoms with Gasteiger partial charge in [-0.1, -0.05) is 31.2 Å². The summed E-state index contributed by atoms with van der Waals surface area (Å²) in [6, 6.07) is 15.2. The van der Waals surface area contributed by atoms with Crippen molar-refractivity contribution in [1.82, 2.24) is 14.7 Å². The Balaban J connectivity index is 1.49. The van der Waals surface area contributed by atoms with Gasteiger partial charge in [-0.3, -0.25) is 0 Å². The molecule has 0 unspecified atom stereocenters. The second-order valence-electron chi connectivity index (χ2n) is 5.69. The fourth-order valence-corrected chi connectivity index (χ4v) is 3.23. The summed E-state index contributed by atoms with van der Waals surface area (Å²) < 4.78 is 32.2. The monoisotopic (exact) mass is 359 g/mol. The number of hydrogen-bond donors (Lipinski definition) is 2. The number of sulfonamides is 1. The number of nitrogens with zero attached hydrogens (tertiary/aromatic N) is 1. The Labute approximate surface area is 147 Å². The molecule has 1 heterocycles. The molecule has 2 N–H and O–H groups in total. The number of ether oxygens (including phenoxy) is 1. The first-order valence-corrected chi connectivity index (χ1v) is 9.83. The van der Waals surface area contributed by atoms with Crippen LogP contribution in [0, 0.1) is 0 Å². The molecule has 0 aliphatic heterocycles. The van der Waals surface area contributed by atoms with E-state index in [4.69, 9.17) is 4.74 Å². The van der Waals surface area contributed by atoms with Gasteiger partial charge in [0.05, 0.1) is 23.3 Å². The summed E-state index contributed by atoms with van der Waals surface area (Å²) in [6.45, 7) is 2.30. The third kappa shape index (κ3) is 4.80. The second kappa shape index (κ2) is 7.67. The Morgan fingerprint density at radius 2 is 1.88 bits per heavy atom. The van der Waals surface area contributed by atoms with Crippen molar-refractivity contribution in [3.8, 4) is 5.75 Å². The average molecular weight is 359 g/mol. The van der Waals surface area contributed by atoms with E-state index < -0.39 is 10.0 Å². The highest BCUT2D eigenvalue weighted by Crippen LogP contribution is 2.13. The van der Waals surface area contributed by atoms with Crippen LogP contribution in [0.1, 0.15) is 18.3 Å². The molecular formula is C18H21N3O3S. The summed E-state index contributed by atoms with van der Waals surface area (Å²) in [5.74, 6) is 1.15. The molecule has 1 aromatic heterocycles. The zero-order valence-electron chi connectivity index (χ0n) is 14.0. The number of nitrogens with one attached hydrogen (secondary N) is 2.